The number of fused-ring (bicyclic) bond motifs is 4. The smallest absolute Gasteiger partial charge is 0.280 e. The van der Waals surface area contributed by atoms with Crippen molar-refractivity contribution in [2.45, 2.75) is 44.2 Å². The molecular weight excluding hydrogens is 326 g/mol. The molecule has 1 spiro atoms. The summed E-state index contributed by atoms with van der Waals surface area (Å²) in [7, 11) is 1.83. The van der Waals surface area contributed by atoms with Gasteiger partial charge in [0, 0.05) is 13.6 Å². The van der Waals surface area contributed by atoms with Gasteiger partial charge in [0.05, 0.1) is 18.4 Å². The highest BCUT2D eigenvalue weighted by molar-refractivity contribution is 6.18. The molecule has 2 aromatic rings. The van der Waals surface area contributed by atoms with E-state index >= 15 is 0 Å². The molecule has 1 amide bonds. The molecule has 3 aliphatic rings. The lowest BCUT2D eigenvalue weighted by atomic mass is 9.81. The number of aliphatic imine (C=N–C) groups is 1. The van der Waals surface area contributed by atoms with Crippen molar-refractivity contribution in [2.75, 3.05) is 18.5 Å². The van der Waals surface area contributed by atoms with Crippen molar-refractivity contribution in [3.63, 3.8) is 0 Å². The minimum Gasteiger partial charge on any atom is -0.320 e. The number of nitrogens with zero attached hydrogens (tertiary/aromatic N) is 5. The average Bonchev–Trinajstić information content (AvgIpc) is 3.23. The van der Waals surface area contributed by atoms with Crippen molar-refractivity contribution in [1.82, 2.24) is 14.5 Å². The standard InChI is InChI=1S/C20H23N5O/c1-23-18(26)16-17(22-14-24(16)12-15-8-4-2-5-9-15)25-19(23)21-13-20(25)10-6-3-7-11-20/h2,4-5,8-9,14H,3,6-7,10-13H2,1H3. The predicted octanol–water partition coefficient (Wildman–Crippen LogP) is 2.90. The molecule has 0 atom stereocenters. The van der Waals surface area contributed by atoms with Crippen molar-refractivity contribution in [2.24, 2.45) is 4.99 Å². The largest absolute Gasteiger partial charge is 0.320 e. The van der Waals surface area contributed by atoms with Crippen LogP contribution in [0.3, 0.4) is 0 Å². The van der Waals surface area contributed by atoms with Gasteiger partial charge in [0.2, 0.25) is 5.96 Å². The van der Waals surface area contributed by atoms with E-state index in [0.29, 0.717) is 12.2 Å². The van der Waals surface area contributed by atoms with Crippen LogP contribution in [-0.4, -0.2) is 45.4 Å². The fraction of sp³-hybridized carbons (Fsp3) is 0.450. The Kier molecular flexibility index (Phi) is 3.42. The fourth-order valence-electron chi connectivity index (χ4n) is 4.64. The van der Waals surface area contributed by atoms with Crippen LogP contribution in [0.15, 0.2) is 41.7 Å². The molecule has 134 valence electrons. The summed E-state index contributed by atoms with van der Waals surface area (Å²) in [5, 5.41) is 0. The number of hydrogen-bond donors (Lipinski definition) is 0. The third kappa shape index (κ3) is 2.14. The minimum atomic E-state index is -0.0173. The van der Waals surface area contributed by atoms with Gasteiger partial charge in [-0.15, -0.1) is 0 Å². The molecular formula is C20H23N5O. The van der Waals surface area contributed by atoms with Crippen molar-refractivity contribution >= 4 is 17.7 Å². The van der Waals surface area contributed by atoms with E-state index in [4.69, 9.17) is 9.98 Å². The number of benzene rings is 1. The van der Waals surface area contributed by atoms with Crippen LogP contribution in [0.4, 0.5) is 5.82 Å². The Morgan fingerprint density at radius 3 is 2.65 bits per heavy atom. The molecule has 6 heteroatoms. The number of aromatic nitrogens is 2. The fourth-order valence-corrected chi connectivity index (χ4v) is 4.64. The van der Waals surface area contributed by atoms with E-state index in [2.05, 4.69) is 17.0 Å². The lowest BCUT2D eigenvalue weighted by Gasteiger charge is -2.44. The van der Waals surface area contributed by atoms with Gasteiger partial charge < -0.3 is 4.57 Å². The number of guanidine groups is 1. The summed E-state index contributed by atoms with van der Waals surface area (Å²) in [5.74, 6) is 1.55. The Morgan fingerprint density at radius 2 is 1.88 bits per heavy atom. The van der Waals surface area contributed by atoms with E-state index in [-0.39, 0.29) is 11.4 Å². The molecule has 1 aromatic heterocycles. The molecule has 26 heavy (non-hydrogen) atoms. The number of carbonyl (C=O) groups excluding carboxylic acids is 1. The second kappa shape index (κ2) is 5.69. The normalized spacial score (nSPS) is 21.0. The third-order valence-corrected chi connectivity index (χ3v) is 6.01. The number of hydrogen-bond acceptors (Lipinski definition) is 4. The summed E-state index contributed by atoms with van der Waals surface area (Å²) in [5.41, 5.74) is 1.85. The monoisotopic (exact) mass is 349 g/mol. The molecule has 6 nitrogen and oxygen atoms in total. The van der Waals surface area contributed by atoms with Gasteiger partial charge in [-0.05, 0) is 18.4 Å². The summed E-state index contributed by atoms with van der Waals surface area (Å²) < 4.78 is 1.98. The quantitative estimate of drug-likeness (QED) is 0.838. The SMILES string of the molecule is CN1C(=O)c2c(ncn2Cc2ccccc2)N2C1=NCC21CCCCC1. The summed E-state index contributed by atoms with van der Waals surface area (Å²) in [4.78, 5) is 26.5. The molecule has 2 aliphatic heterocycles. The number of rotatable bonds is 2. The molecule has 3 heterocycles. The number of carbonyl (C=O) groups is 1. The van der Waals surface area contributed by atoms with Crippen LogP contribution in [0, 0.1) is 0 Å². The van der Waals surface area contributed by atoms with Gasteiger partial charge in [-0.2, -0.15) is 0 Å². The molecule has 1 aromatic carbocycles. The molecule has 5 rings (SSSR count). The summed E-state index contributed by atoms with van der Waals surface area (Å²) in [6.07, 6.45) is 7.77. The number of anilines is 1. The number of imidazole rings is 1. The Hall–Kier alpha value is -2.63. The highest BCUT2D eigenvalue weighted by atomic mass is 16.2. The van der Waals surface area contributed by atoms with E-state index in [1.54, 1.807) is 11.2 Å². The molecule has 0 radical (unpaired) electrons. The zero-order valence-corrected chi connectivity index (χ0v) is 15.1. The molecule has 0 N–H and O–H groups in total. The van der Waals surface area contributed by atoms with Gasteiger partial charge in [-0.25, -0.2) is 9.98 Å². The van der Waals surface area contributed by atoms with Crippen LogP contribution < -0.4 is 4.90 Å². The van der Waals surface area contributed by atoms with Crippen molar-refractivity contribution in [3.8, 4) is 0 Å². The first-order valence-corrected chi connectivity index (χ1v) is 9.41. The molecule has 0 saturated heterocycles. The topological polar surface area (TPSA) is 53.7 Å². The Balaban J connectivity index is 1.59. The van der Waals surface area contributed by atoms with Crippen LogP contribution in [-0.2, 0) is 6.54 Å². The van der Waals surface area contributed by atoms with Crippen LogP contribution in [0.2, 0.25) is 0 Å². The van der Waals surface area contributed by atoms with Crippen LogP contribution in [0.5, 0.6) is 0 Å². The maximum Gasteiger partial charge on any atom is 0.280 e. The molecule has 0 unspecified atom stereocenters. The lowest BCUT2D eigenvalue weighted by molar-refractivity contribution is 0.0853. The maximum absolute atomic E-state index is 13.1. The highest BCUT2D eigenvalue weighted by Gasteiger charge is 2.51. The van der Waals surface area contributed by atoms with E-state index < -0.39 is 0 Å². The molecule has 1 aliphatic carbocycles. The summed E-state index contributed by atoms with van der Waals surface area (Å²) >= 11 is 0. The van der Waals surface area contributed by atoms with Gasteiger partial charge in [0.25, 0.3) is 5.91 Å². The maximum atomic E-state index is 13.1. The zero-order chi connectivity index (χ0) is 17.7. The molecule has 1 saturated carbocycles. The summed E-state index contributed by atoms with van der Waals surface area (Å²) in [6.45, 7) is 1.42. The first-order chi connectivity index (χ1) is 12.7. The zero-order valence-electron chi connectivity index (χ0n) is 15.1. The van der Waals surface area contributed by atoms with E-state index in [9.17, 15) is 4.79 Å². The minimum absolute atomic E-state index is 0.00320. The predicted molar refractivity (Wildman–Crippen MR) is 100 cm³/mol. The van der Waals surface area contributed by atoms with E-state index in [1.165, 1.54) is 19.3 Å². The van der Waals surface area contributed by atoms with Gasteiger partial charge >= 0.3 is 0 Å². The molecule has 0 bridgehead atoms. The van der Waals surface area contributed by atoms with E-state index in [0.717, 1.165) is 36.7 Å². The Morgan fingerprint density at radius 1 is 1.12 bits per heavy atom. The van der Waals surface area contributed by atoms with E-state index in [1.807, 2.05) is 29.8 Å². The van der Waals surface area contributed by atoms with Crippen molar-refractivity contribution in [1.29, 1.82) is 0 Å². The Labute approximate surface area is 153 Å². The first-order valence-electron chi connectivity index (χ1n) is 9.41. The van der Waals surface area contributed by atoms with Crippen LogP contribution in [0.25, 0.3) is 0 Å². The third-order valence-electron chi connectivity index (χ3n) is 6.01. The summed E-state index contributed by atoms with van der Waals surface area (Å²) in [6, 6.07) is 10.2. The molecule has 1 fully saturated rings. The lowest BCUT2D eigenvalue weighted by Crippen LogP contribution is -2.58. The van der Waals surface area contributed by atoms with Crippen LogP contribution >= 0.6 is 0 Å². The first kappa shape index (κ1) is 15.6. The van der Waals surface area contributed by atoms with Gasteiger partial charge in [0.1, 0.15) is 0 Å². The second-order valence-corrected chi connectivity index (χ2v) is 7.63. The van der Waals surface area contributed by atoms with Crippen molar-refractivity contribution < 1.29 is 4.79 Å². The van der Waals surface area contributed by atoms with Crippen molar-refractivity contribution in [3.05, 3.63) is 47.9 Å². The van der Waals surface area contributed by atoms with Gasteiger partial charge in [-0.3, -0.25) is 14.6 Å². The van der Waals surface area contributed by atoms with Crippen LogP contribution in [0.1, 0.15) is 48.2 Å². The Bertz CT molecular complexity index is 879. The number of amides is 1. The van der Waals surface area contributed by atoms with Gasteiger partial charge in [-0.1, -0.05) is 49.6 Å². The second-order valence-electron chi connectivity index (χ2n) is 7.63. The van der Waals surface area contributed by atoms with Gasteiger partial charge in [0.15, 0.2) is 11.5 Å². The highest BCUT2D eigenvalue weighted by Crippen LogP contribution is 2.43. The average molecular weight is 349 g/mol.